The molecule has 0 atom stereocenters. The Balaban J connectivity index is 2.80. The maximum atomic E-state index is 4.07. The zero-order chi connectivity index (χ0) is 8.53. The third-order valence-electron chi connectivity index (χ3n) is 1.91. The van der Waals surface area contributed by atoms with Gasteiger partial charge >= 0.3 is 0 Å². The SMILES string of the molecule is C[N-]CCCCCCC(C)C. The quantitative estimate of drug-likeness (QED) is 0.500. The van der Waals surface area contributed by atoms with E-state index in [1.807, 2.05) is 7.05 Å². The van der Waals surface area contributed by atoms with E-state index in [0.717, 1.165) is 12.5 Å². The van der Waals surface area contributed by atoms with Gasteiger partial charge in [-0.1, -0.05) is 46.0 Å². The van der Waals surface area contributed by atoms with Crippen LogP contribution in [0.15, 0.2) is 0 Å². The summed E-state index contributed by atoms with van der Waals surface area (Å²) in [6, 6.07) is 0. The Morgan fingerprint density at radius 2 is 1.64 bits per heavy atom. The number of unbranched alkanes of at least 4 members (excludes halogenated alkanes) is 3. The predicted molar refractivity (Wildman–Crippen MR) is 52.1 cm³/mol. The Morgan fingerprint density at radius 1 is 1.00 bits per heavy atom. The Hall–Kier alpha value is -0.0400. The van der Waals surface area contributed by atoms with Crippen molar-refractivity contribution in [2.24, 2.45) is 5.92 Å². The molecule has 0 heterocycles. The fourth-order valence-electron chi connectivity index (χ4n) is 1.18. The number of nitrogens with zero attached hydrogens (tertiary/aromatic N) is 1. The van der Waals surface area contributed by atoms with Crippen LogP contribution in [-0.4, -0.2) is 13.6 Å². The van der Waals surface area contributed by atoms with E-state index < -0.39 is 0 Å². The lowest BCUT2D eigenvalue weighted by molar-refractivity contribution is 0.523. The van der Waals surface area contributed by atoms with Crippen molar-refractivity contribution in [3.8, 4) is 0 Å². The summed E-state index contributed by atoms with van der Waals surface area (Å²) in [6.07, 6.45) is 6.84. The molecule has 11 heavy (non-hydrogen) atoms. The van der Waals surface area contributed by atoms with Gasteiger partial charge in [0.2, 0.25) is 0 Å². The minimum absolute atomic E-state index is 0.880. The fraction of sp³-hybridized carbons (Fsp3) is 1.00. The summed E-state index contributed by atoms with van der Waals surface area (Å²) in [6.45, 7) is 5.64. The Labute approximate surface area is 71.6 Å². The zero-order valence-electron chi connectivity index (χ0n) is 8.27. The van der Waals surface area contributed by atoms with E-state index >= 15 is 0 Å². The molecule has 0 aromatic rings. The average Bonchev–Trinajstić information content (AvgIpc) is 1.96. The molecule has 0 aliphatic carbocycles. The highest BCUT2D eigenvalue weighted by Gasteiger charge is 1.92. The first-order chi connectivity index (χ1) is 5.27. The third-order valence-corrected chi connectivity index (χ3v) is 1.91. The molecule has 0 aromatic carbocycles. The summed E-state index contributed by atoms with van der Waals surface area (Å²) in [5.41, 5.74) is 0. The molecule has 0 bridgehead atoms. The van der Waals surface area contributed by atoms with Crippen LogP contribution in [0.25, 0.3) is 5.32 Å². The molecule has 0 unspecified atom stereocenters. The molecule has 68 valence electrons. The van der Waals surface area contributed by atoms with Gasteiger partial charge in [0.15, 0.2) is 0 Å². The number of rotatable bonds is 7. The van der Waals surface area contributed by atoms with Gasteiger partial charge in [-0.2, -0.15) is 7.05 Å². The van der Waals surface area contributed by atoms with Crippen molar-refractivity contribution in [3.05, 3.63) is 5.32 Å². The molecule has 0 saturated heterocycles. The zero-order valence-corrected chi connectivity index (χ0v) is 8.27. The monoisotopic (exact) mass is 156 g/mol. The maximum absolute atomic E-state index is 4.07. The van der Waals surface area contributed by atoms with Crippen molar-refractivity contribution in [2.45, 2.75) is 46.0 Å². The highest BCUT2D eigenvalue weighted by molar-refractivity contribution is 4.68. The van der Waals surface area contributed by atoms with Crippen molar-refractivity contribution in [1.82, 2.24) is 0 Å². The molecule has 0 amide bonds. The van der Waals surface area contributed by atoms with Crippen LogP contribution in [0.5, 0.6) is 0 Å². The van der Waals surface area contributed by atoms with Gasteiger partial charge in [0.25, 0.3) is 0 Å². The Bertz CT molecular complexity index is 69.3. The van der Waals surface area contributed by atoms with Crippen molar-refractivity contribution >= 4 is 0 Å². The largest absolute Gasteiger partial charge is 0.665 e. The molecular weight excluding hydrogens is 134 g/mol. The first kappa shape index (κ1) is 11.0. The second kappa shape index (κ2) is 8.06. The van der Waals surface area contributed by atoms with E-state index in [1.54, 1.807) is 0 Å². The highest BCUT2D eigenvalue weighted by atomic mass is 14.8. The minimum atomic E-state index is 0.880. The molecule has 0 aliphatic heterocycles. The topological polar surface area (TPSA) is 14.1 Å². The van der Waals surface area contributed by atoms with Crippen LogP contribution in [0.2, 0.25) is 0 Å². The summed E-state index contributed by atoms with van der Waals surface area (Å²) in [7, 11) is 1.90. The maximum Gasteiger partial charge on any atom is -0.0471 e. The third kappa shape index (κ3) is 9.96. The Kier molecular flexibility index (Phi) is 8.03. The van der Waals surface area contributed by atoms with Gasteiger partial charge in [-0.15, -0.1) is 6.54 Å². The van der Waals surface area contributed by atoms with Gasteiger partial charge < -0.3 is 5.32 Å². The van der Waals surface area contributed by atoms with Crippen molar-refractivity contribution in [2.75, 3.05) is 13.6 Å². The van der Waals surface area contributed by atoms with Crippen LogP contribution in [0.1, 0.15) is 46.0 Å². The van der Waals surface area contributed by atoms with E-state index in [4.69, 9.17) is 0 Å². The Morgan fingerprint density at radius 3 is 2.18 bits per heavy atom. The van der Waals surface area contributed by atoms with E-state index in [-0.39, 0.29) is 0 Å². The van der Waals surface area contributed by atoms with Gasteiger partial charge in [-0.05, 0) is 5.92 Å². The first-order valence-corrected chi connectivity index (χ1v) is 4.83. The molecule has 0 fully saturated rings. The van der Waals surface area contributed by atoms with Crippen LogP contribution in [0.3, 0.4) is 0 Å². The summed E-state index contributed by atoms with van der Waals surface area (Å²) in [4.78, 5) is 0. The van der Waals surface area contributed by atoms with Crippen LogP contribution in [0.4, 0.5) is 0 Å². The molecule has 0 aliphatic rings. The first-order valence-electron chi connectivity index (χ1n) is 4.83. The molecule has 1 nitrogen and oxygen atoms in total. The molecule has 0 aromatic heterocycles. The smallest absolute Gasteiger partial charge is 0.0471 e. The lowest BCUT2D eigenvalue weighted by atomic mass is 10.0. The summed E-state index contributed by atoms with van der Waals surface area (Å²) >= 11 is 0. The summed E-state index contributed by atoms with van der Waals surface area (Å²) < 4.78 is 0. The van der Waals surface area contributed by atoms with Crippen LogP contribution < -0.4 is 0 Å². The van der Waals surface area contributed by atoms with Crippen LogP contribution in [-0.2, 0) is 0 Å². The lowest BCUT2D eigenvalue weighted by Gasteiger charge is -2.09. The van der Waals surface area contributed by atoms with Gasteiger partial charge in [0.05, 0.1) is 0 Å². The average molecular weight is 156 g/mol. The highest BCUT2D eigenvalue weighted by Crippen LogP contribution is 2.09. The van der Waals surface area contributed by atoms with Crippen molar-refractivity contribution < 1.29 is 0 Å². The molecule has 0 radical (unpaired) electrons. The standard InChI is InChI=1S/C10H22N/c1-10(2)8-6-4-5-7-9-11-3/h10H,4-9H2,1-3H3/q-1. The molecule has 0 spiro atoms. The van der Waals surface area contributed by atoms with Crippen LogP contribution in [0, 0.1) is 5.92 Å². The van der Waals surface area contributed by atoms with Crippen molar-refractivity contribution in [3.63, 3.8) is 0 Å². The van der Waals surface area contributed by atoms with E-state index in [1.165, 1.54) is 32.1 Å². The molecule has 0 saturated carbocycles. The second-order valence-electron chi connectivity index (χ2n) is 3.64. The normalized spacial score (nSPS) is 10.9. The minimum Gasteiger partial charge on any atom is -0.665 e. The van der Waals surface area contributed by atoms with Gasteiger partial charge in [-0.25, -0.2) is 0 Å². The van der Waals surface area contributed by atoms with Gasteiger partial charge in [0, 0.05) is 0 Å². The predicted octanol–water partition coefficient (Wildman–Crippen LogP) is 3.60. The lowest BCUT2D eigenvalue weighted by Crippen LogP contribution is -1.88. The molecule has 1 heteroatoms. The van der Waals surface area contributed by atoms with E-state index in [0.29, 0.717) is 0 Å². The summed E-state index contributed by atoms with van der Waals surface area (Å²) in [5, 5.41) is 4.07. The summed E-state index contributed by atoms with van der Waals surface area (Å²) in [5.74, 6) is 0.880. The fourth-order valence-corrected chi connectivity index (χ4v) is 1.18. The molecule has 0 rings (SSSR count). The van der Waals surface area contributed by atoms with Crippen molar-refractivity contribution in [1.29, 1.82) is 0 Å². The van der Waals surface area contributed by atoms with Gasteiger partial charge in [0.1, 0.15) is 0 Å². The number of hydrogen-bond donors (Lipinski definition) is 0. The van der Waals surface area contributed by atoms with Crippen LogP contribution >= 0.6 is 0 Å². The molecule has 0 N–H and O–H groups in total. The van der Waals surface area contributed by atoms with Gasteiger partial charge in [-0.3, -0.25) is 0 Å². The van der Waals surface area contributed by atoms with E-state index in [9.17, 15) is 0 Å². The second-order valence-corrected chi connectivity index (χ2v) is 3.64. The van der Waals surface area contributed by atoms with E-state index in [2.05, 4.69) is 19.2 Å². The molecular formula is C10H22N-. The number of hydrogen-bond acceptors (Lipinski definition) is 0.